The number of likely N-dealkylation sites (N-methyl/N-ethyl adjacent to an activating group) is 1. The standard InChI is InChI=1S/C39H59IN2O8/c1-8-33-30(20-40)17-23(2)13-14-31(43)24(3)18-27(15-16-42-21-28-11-9-10-12-29(28)22-42)38(25(4)32(44)19-34(45)49-33)50-39-37(47)35(41(6)7)36(46)26(5)48-39/h9-14,17,24-27,30,32-33,35-39,44,46-47H,8,15-16,18-22H2,1-7H3/b14-13+,23-17+/t24-,25+,26-,27+,30-,32-,33-,35+,36-,37-,38-,39+/m1/s1. The first kappa shape index (κ1) is 41.1. The summed E-state index contributed by atoms with van der Waals surface area (Å²) in [5.41, 5.74) is 3.52. The van der Waals surface area contributed by atoms with Crippen LogP contribution in [-0.4, -0.2) is 111 Å². The average molecular weight is 811 g/mol. The highest BCUT2D eigenvalue weighted by molar-refractivity contribution is 14.1. The highest BCUT2D eigenvalue weighted by Gasteiger charge is 2.47. The fourth-order valence-corrected chi connectivity index (χ4v) is 8.56. The minimum absolute atomic E-state index is 0.00164. The van der Waals surface area contributed by atoms with Crippen LogP contribution in [0.3, 0.4) is 0 Å². The van der Waals surface area contributed by atoms with Gasteiger partial charge < -0.3 is 34.4 Å². The Morgan fingerprint density at radius 3 is 2.28 bits per heavy atom. The van der Waals surface area contributed by atoms with Gasteiger partial charge in [-0.2, -0.15) is 0 Å². The molecule has 10 nitrogen and oxygen atoms in total. The lowest BCUT2D eigenvalue weighted by Crippen LogP contribution is -2.63. The number of carbonyl (C=O) groups is 2. The van der Waals surface area contributed by atoms with Gasteiger partial charge in [0.05, 0.1) is 36.9 Å². The minimum Gasteiger partial charge on any atom is -0.462 e. The second-order valence-electron chi connectivity index (χ2n) is 14.9. The predicted molar refractivity (Wildman–Crippen MR) is 201 cm³/mol. The third kappa shape index (κ3) is 10.5. The van der Waals surface area contributed by atoms with Crippen LogP contribution in [0.1, 0.15) is 71.4 Å². The Balaban J connectivity index is 1.70. The van der Waals surface area contributed by atoms with E-state index >= 15 is 0 Å². The minimum atomic E-state index is -1.19. The van der Waals surface area contributed by atoms with E-state index in [9.17, 15) is 24.9 Å². The van der Waals surface area contributed by atoms with E-state index in [1.807, 2.05) is 33.8 Å². The summed E-state index contributed by atoms with van der Waals surface area (Å²) in [5, 5.41) is 34.1. The average Bonchev–Trinajstić information content (AvgIpc) is 3.50. The van der Waals surface area contributed by atoms with Crippen molar-refractivity contribution in [1.29, 1.82) is 0 Å². The molecule has 3 heterocycles. The molecule has 0 radical (unpaired) electrons. The summed E-state index contributed by atoms with van der Waals surface area (Å²) in [6, 6.07) is 7.76. The Kier molecular flexibility index (Phi) is 15.5. The molecule has 0 unspecified atom stereocenters. The summed E-state index contributed by atoms with van der Waals surface area (Å²) in [7, 11) is 3.58. The maximum atomic E-state index is 13.6. The van der Waals surface area contributed by atoms with E-state index < -0.39 is 54.7 Å². The van der Waals surface area contributed by atoms with Crippen molar-refractivity contribution in [1.82, 2.24) is 9.80 Å². The van der Waals surface area contributed by atoms with Crippen LogP contribution in [-0.2, 0) is 36.9 Å². The number of halogens is 1. The van der Waals surface area contributed by atoms with Gasteiger partial charge in [0.25, 0.3) is 0 Å². The van der Waals surface area contributed by atoms with Crippen molar-refractivity contribution < 1.29 is 39.1 Å². The molecular formula is C39H59IN2O8. The molecule has 1 saturated heterocycles. The van der Waals surface area contributed by atoms with Gasteiger partial charge in [-0.1, -0.05) is 85.4 Å². The first-order valence-electron chi connectivity index (χ1n) is 18.2. The summed E-state index contributed by atoms with van der Waals surface area (Å²) in [4.78, 5) is 31.1. The largest absolute Gasteiger partial charge is 0.462 e. The highest BCUT2D eigenvalue weighted by atomic mass is 127. The van der Waals surface area contributed by atoms with Crippen LogP contribution in [0.2, 0.25) is 0 Å². The quantitative estimate of drug-likeness (QED) is 0.194. The van der Waals surface area contributed by atoms with Gasteiger partial charge in [-0.25, -0.2) is 0 Å². The number of aliphatic hydroxyl groups is 3. The zero-order valence-corrected chi connectivity index (χ0v) is 32.9. The number of benzene rings is 1. The van der Waals surface area contributed by atoms with Crippen molar-refractivity contribution >= 4 is 34.3 Å². The molecule has 4 rings (SSSR count). The normalized spacial score (nSPS) is 38.4. The van der Waals surface area contributed by atoms with E-state index in [4.69, 9.17) is 14.2 Å². The van der Waals surface area contributed by atoms with Gasteiger partial charge in [0.15, 0.2) is 12.1 Å². The number of esters is 1. The van der Waals surface area contributed by atoms with Gasteiger partial charge in [0, 0.05) is 35.3 Å². The fourth-order valence-electron chi connectivity index (χ4n) is 7.74. The van der Waals surface area contributed by atoms with Gasteiger partial charge in [-0.3, -0.25) is 14.5 Å². The monoisotopic (exact) mass is 810 g/mol. The number of cyclic esters (lactones) is 1. The third-order valence-electron chi connectivity index (χ3n) is 10.9. The van der Waals surface area contributed by atoms with E-state index in [2.05, 4.69) is 57.8 Å². The van der Waals surface area contributed by atoms with Crippen LogP contribution in [0.25, 0.3) is 0 Å². The van der Waals surface area contributed by atoms with Crippen molar-refractivity contribution in [2.75, 3.05) is 25.1 Å². The van der Waals surface area contributed by atoms with E-state index in [0.717, 1.165) is 29.6 Å². The maximum Gasteiger partial charge on any atom is 0.308 e. The lowest BCUT2D eigenvalue weighted by atomic mass is 9.79. The number of nitrogens with zero attached hydrogens (tertiary/aromatic N) is 2. The Hall–Kier alpha value is -1.71. The van der Waals surface area contributed by atoms with E-state index in [1.54, 1.807) is 32.0 Å². The Bertz CT molecular complexity index is 1310. The molecule has 0 saturated carbocycles. The SMILES string of the molecule is CC[C@H]1OC(=O)C[C@@H](O)[C@H](C)[C@@H](O[C@@H]2O[C@H](C)[C@@H](O)[C@H](N(C)C)[C@H]2O)[C@@H](CCN2Cc3ccccc3C2)C[C@@H](C)C(=O)/C=C/C(C)=C/[C@@H]1CI. The highest BCUT2D eigenvalue weighted by Crippen LogP contribution is 2.35. The molecule has 1 fully saturated rings. The number of ether oxygens (including phenoxy) is 3. The van der Waals surface area contributed by atoms with Crippen LogP contribution < -0.4 is 0 Å². The van der Waals surface area contributed by atoms with Gasteiger partial charge in [-0.15, -0.1) is 0 Å². The molecule has 12 atom stereocenters. The second-order valence-corrected chi connectivity index (χ2v) is 15.8. The number of alkyl halides is 1. The van der Waals surface area contributed by atoms with E-state index in [1.165, 1.54) is 11.1 Å². The number of carbonyl (C=O) groups excluding carboxylic acids is 2. The lowest BCUT2D eigenvalue weighted by Gasteiger charge is -2.46. The van der Waals surface area contributed by atoms with Crippen LogP contribution in [0.15, 0.2) is 48.1 Å². The zero-order valence-electron chi connectivity index (χ0n) is 30.8. The van der Waals surface area contributed by atoms with Crippen molar-refractivity contribution in [3.05, 3.63) is 59.2 Å². The maximum absolute atomic E-state index is 13.6. The summed E-state index contributed by atoms with van der Waals surface area (Å²) in [6.07, 6.45) is 0.972. The third-order valence-corrected chi connectivity index (χ3v) is 11.9. The molecule has 3 aliphatic rings. The van der Waals surface area contributed by atoms with Crippen LogP contribution >= 0.6 is 22.6 Å². The molecule has 0 aromatic heterocycles. The number of hydrogen-bond donors (Lipinski definition) is 3. The lowest BCUT2D eigenvalue weighted by molar-refractivity contribution is -0.304. The summed E-state index contributed by atoms with van der Waals surface area (Å²) < 4.78 is 19.5. The van der Waals surface area contributed by atoms with Crippen LogP contribution in [0.4, 0.5) is 0 Å². The second kappa shape index (κ2) is 18.9. The van der Waals surface area contributed by atoms with Gasteiger partial charge in [0.2, 0.25) is 0 Å². The number of ketones is 1. The molecule has 0 amide bonds. The molecule has 1 aromatic carbocycles. The van der Waals surface area contributed by atoms with Crippen LogP contribution in [0.5, 0.6) is 0 Å². The number of rotatable bonds is 8. The molecule has 280 valence electrons. The van der Waals surface area contributed by atoms with Gasteiger partial charge in [0.1, 0.15) is 12.2 Å². The zero-order chi connectivity index (χ0) is 36.7. The summed E-state index contributed by atoms with van der Waals surface area (Å²) in [6.45, 7) is 11.8. The Morgan fingerprint density at radius 1 is 1.02 bits per heavy atom. The topological polar surface area (TPSA) is 129 Å². The molecule has 0 bridgehead atoms. The number of allylic oxidation sites excluding steroid dienone is 3. The van der Waals surface area contributed by atoms with Crippen molar-refractivity contribution in [3.63, 3.8) is 0 Å². The number of hydrogen-bond acceptors (Lipinski definition) is 10. The molecule has 1 aromatic rings. The predicted octanol–water partition coefficient (Wildman–Crippen LogP) is 4.66. The first-order chi connectivity index (χ1) is 23.7. The van der Waals surface area contributed by atoms with Crippen LogP contribution in [0, 0.1) is 23.7 Å². The van der Waals surface area contributed by atoms with Gasteiger partial charge in [-0.05, 0) is 76.9 Å². The Labute approximate surface area is 312 Å². The number of aliphatic hydroxyl groups excluding tert-OH is 3. The van der Waals surface area contributed by atoms with Crippen molar-refractivity contribution in [3.8, 4) is 0 Å². The Morgan fingerprint density at radius 2 is 1.68 bits per heavy atom. The number of fused-ring (bicyclic) bond motifs is 1. The first-order valence-corrected chi connectivity index (χ1v) is 19.7. The van der Waals surface area contributed by atoms with Crippen molar-refractivity contribution in [2.45, 2.75) is 122 Å². The fraction of sp³-hybridized carbons (Fsp3) is 0.692. The summed E-state index contributed by atoms with van der Waals surface area (Å²) in [5.74, 6) is -1.73. The van der Waals surface area contributed by atoms with Crippen molar-refractivity contribution in [2.24, 2.45) is 23.7 Å². The molecule has 0 aliphatic carbocycles. The van der Waals surface area contributed by atoms with Gasteiger partial charge >= 0.3 is 5.97 Å². The summed E-state index contributed by atoms with van der Waals surface area (Å²) >= 11 is 2.29. The molecule has 50 heavy (non-hydrogen) atoms. The molecule has 3 aliphatic heterocycles. The van der Waals surface area contributed by atoms with E-state index in [0.29, 0.717) is 19.3 Å². The molecule has 3 N–H and O–H groups in total. The molecule has 11 heteroatoms. The van der Waals surface area contributed by atoms with E-state index in [-0.39, 0.29) is 36.1 Å². The smallest absolute Gasteiger partial charge is 0.308 e. The molecular weight excluding hydrogens is 751 g/mol. The molecule has 0 spiro atoms.